The van der Waals surface area contributed by atoms with Crippen LogP contribution in [0.3, 0.4) is 0 Å². The van der Waals surface area contributed by atoms with E-state index < -0.39 is 67.3 Å². The molecule has 0 radical (unpaired) electrons. The maximum Gasteiger partial charge on any atom is 0.169 e. The minimum Gasteiger partial charge on any atom is -0.374 e. The maximum atomic E-state index is 10.6. The van der Waals surface area contributed by atoms with Crippen molar-refractivity contribution in [3.8, 4) is 0 Å². The second-order valence-electron chi connectivity index (χ2n) is 19.1. The van der Waals surface area contributed by atoms with Gasteiger partial charge in [0.05, 0.1) is 59.5 Å². The number of hydrogen-bond donors (Lipinski definition) is 0. The van der Waals surface area contributed by atoms with Crippen molar-refractivity contribution in [1.82, 2.24) is 0 Å². The van der Waals surface area contributed by atoms with Crippen molar-refractivity contribution in [2.45, 2.75) is 114 Å². The molecule has 2 fully saturated rings. The van der Waals surface area contributed by atoms with Crippen LogP contribution in [-0.4, -0.2) is 80.5 Å². The number of halogens is 1. The summed E-state index contributed by atoms with van der Waals surface area (Å²) in [5.41, 5.74) is 17.1. The van der Waals surface area contributed by atoms with E-state index in [4.69, 9.17) is 47.4 Å². The number of rotatable bonds is 28. The van der Waals surface area contributed by atoms with E-state index in [9.17, 15) is 5.53 Å². The zero-order valence-corrected chi connectivity index (χ0v) is 45.0. The van der Waals surface area contributed by atoms with Gasteiger partial charge in [0.1, 0.15) is 61.0 Å². The molecule has 0 amide bonds. The minimum atomic E-state index is -1.30. The number of nitrogens with zero attached hydrogens (tertiary/aromatic N) is 3. The van der Waals surface area contributed by atoms with Gasteiger partial charge in [-0.1, -0.05) is 221 Å². The summed E-state index contributed by atoms with van der Waals surface area (Å²) in [7, 11) is 0. The Morgan fingerprint density at radius 3 is 1.14 bits per heavy atom. The zero-order valence-electron chi connectivity index (χ0n) is 43.4. The Balaban J connectivity index is 1.15. The predicted octanol–water partition coefficient (Wildman–Crippen LogP) is 12.9. The third kappa shape index (κ3) is 16.1. The zero-order chi connectivity index (χ0) is 53.6. The number of ether oxygens (including phenoxy) is 10. The summed E-state index contributed by atoms with van der Waals surface area (Å²) in [6, 6.07) is 66.3. The van der Waals surface area contributed by atoms with E-state index in [2.05, 4.69) is 32.5 Å². The van der Waals surface area contributed by atoms with E-state index in [1.807, 2.05) is 206 Å². The van der Waals surface area contributed by atoms with Crippen molar-refractivity contribution in [3.05, 3.63) is 273 Å². The lowest BCUT2D eigenvalue weighted by Crippen LogP contribution is -2.69. The lowest BCUT2D eigenvalue weighted by atomic mass is 9.83. The Bertz CT molecular complexity index is 2860. The van der Waals surface area contributed by atoms with Crippen LogP contribution in [0, 0.1) is 0 Å². The molecule has 14 heteroatoms. The summed E-state index contributed by atoms with van der Waals surface area (Å²) in [6.45, 7) is 5.67. The van der Waals surface area contributed by atoms with Crippen LogP contribution in [0.25, 0.3) is 10.4 Å². The molecule has 404 valence electrons. The van der Waals surface area contributed by atoms with Crippen LogP contribution < -0.4 is 0 Å². The minimum absolute atomic E-state index is 0.0640. The second kappa shape index (κ2) is 30.1. The average Bonchev–Trinajstić information content (AvgIpc) is 3.65. The molecule has 13 nitrogen and oxygen atoms in total. The van der Waals surface area contributed by atoms with Crippen LogP contribution in [0.5, 0.6) is 0 Å². The summed E-state index contributed by atoms with van der Waals surface area (Å²) in [5.74, 6) is 0. The molecule has 9 rings (SSSR count). The van der Waals surface area contributed by atoms with E-state index in [0.29, 0.717) is 6.61 Å². The molecule has 11 atom stereocenters. The van der Waals surface area contributed by atoms with Gasteiger partial charge >= 0.3 is 0 Å². The molecule has 0 unspecified atom stereocenters. The van der Waals surface area contributed by atoms with Crippen LogP contribution in [0.2, 0.25) is 0 Å². The molecule has 2 aliphatic rings. The Morgan fingerprint density at radius 1 is 0.423 bits per heavy atom. The highest BCUT2D eigenvalue weighted by atomic mass is 79.9. The normalized spacial score (nSPS) is 24.0. The Morgan fingerprint density at radius 2 is 0.756 bits per heavy atom. The van der Waals surface area contributed by atoms with Gasteiger partial charge in [-0.05, 0) is 56.6 Å². The van der Waals surface area contributed by atoms with Gasteiger partial charge in [-0.3, -0.25) is 0 Å². The van der Waals surface area contributed by atoms with Crippen LogP contribution in [0.15, 0.2) is 228 Å². The second-order valence-corrected chi connectivity index (χ2v) is 20.1. The molecular weight excluding hydrogens is 1050 g/mol. The Kier molecular flexibility index (Phi) is 21.8. The highest BCUT2D eigenvalue weighted by Crippen LogP contribution is 2.39. The smallest absolute Gasteiger partial charge is 0.169 e. The summed E-state index contributed by atoms with van der Waals surface area (Å²) in [5, 5.41) is 4.47. The molecule has 7 aromatic carbocycles. The number of benzene rings is 7. The molecule has 0 bridgehead atoms. The fourth-order valence-electron chi connectivity index (χ4n) is 9.75. The highest BCUT2D eigenvalue weighted by molar-refractivity contribution is 9.10. The van der Waals surface area contributed by atoms with Crippen molar-refractivity contribution in [3.63, 3.8) is 0 Å². The standard InChI is InChI=1S/C64H66BrN3O10/c1-2-37-70-61-59(75-44-52-33-35-53(65)36-34-52)58(73-41-49-27-15-6-16-28-49)60(74-42-50-29-17-7-18-30-50)62(76-43-51-31-19-8-20-32-51)63(61)78-64-55(67-68-66)57(72-40-48-25-13-5-14-26-48)56(71-39-47-23-11-4-12-24-47)54(77-64)45-69-38-46-21-9-3-10-22-46/h2-36,54-64H,1,37-45H2/t54-,55-,56-,57-,58+,59-,60-,61-,62+,63+,64-/m1/s1. The summed E-state index contributed by atoms with van der Waals surface area (Å²) in [6.07, 6.45) is -7.62. The molecule has 0 spiro atoms. The Hall–Kier alpha value is -6.33. The van der Waals surface area contributed by atoms with E-state index >= 15 is 0 Å². The lowest BCUT2D eigenvalue weighted by Gasteiger charge is -2.52. The number of hydrogen-bond acceptors (Lipinski definition) is 11. The van der Waals surface area contributed by atoms with E-state index in [1.54, 1.807) is 6.08 Å². The quantitative estimate of drug-likeness (QED) is 0.0201. The Labute approximate surface area is 465 Å². The first-order valence-corrected chi connectivity index (χ1v) is 27.1. The third-order valence-corrected chi connectivity index (χ3v) is 14.1. The van der Waals surface area contributed by atoms with Crippen LogP contribution in [0.1, 0.15) is 38.9 Å². The van der Waals surface area contributed by atoms with Gasteiger partial charge < -0.3 is 47.4 Å². The molecule has 78 heavy (non-hydrogen) atoms. The molecule has 1 aliphatic heterocycles. The van der Waals surface area contributed by atoms with Gasteiger partial charge in [0, 0.05) is 9.38 Å². The van der Waals surface area contributed by atoms with E-state index in [1.165, 1.54) is 0 Å². The van der Waals surface area contributed by atoms with Gasteiger partial charge in [0.2, 0.25) is 0 Å². The van der Waals surface area contributed by atoms with Crippen molar-refractivity contribution in [2.75, 3.05) is 13.2 Å². The lowest BCUT2D eigenvalue weighted by molar-refractivity contribution is -0.341. The molecule has 0 aromatic heterocycles. The van der Waals surface area contributed by atoms with Crippen LogP contribution >= 0.6 is 15.9 Å². The SMILES string of the molecule is C=CCO[C@@H]1[C@H](OCc2ccc(Br)cc2)[C@H](OCc2ccccc2)[C@@H](OCc2ccccc2)[C@H](OCc2ccccc2)[C@H]1O[C@H]1O[C@H](COCc2ccccc2)[C@@H](OCc2ccccc2)[C@H](OCc2ccccc2)[C@H]1N=[N+]=[N-]. The largest absolute Gasteiger partial charge is 0.374 e. The van der Waals surface area contributed by atoms with Gasteiger partial charge in [-0.15, -0.1) is 6.58 Å². The van der Waals surface area contributed by atoms with Crippen molar-refractivity contribution in [2.24, 2.45) is 5.11 Å². The number of azide groups is 1. The van der Waals surface area contributed by atoms with E-state index in [0.717, 1.165) is 43.4 Å². The maximum absolute atomic E-state index is 10.6. The predicted molar refractivity (Wildman–Crippen MR) is 300 cm³/mol. The van der Waals surface area contributed by atoms with Gasteiger partial charge in [0.25, 0.3) is 0 Å². The van der Waals surface area contributed by atoms with Crippen LogP contribution in [-0.2, 0) is 93.6 Å². The molecule has 1 saturated carbocycles. The fraction of sp³-hybridized carbons (Fsp3) is 0.312. The van der Waals surface area contributed by atoms with Gasteiger partial charge in [-0.2, -0.15) is 0 Å². The molecular formula is C64H66BrN3O10. The highest BCUT2D eigenvalue weighted by Gasteiger charge is 2.58. The summed E-state index contributed by atoms with van der Waals surface area (Å²) < 4.78 is 71.4. The monoisotopic (exact) mass is 1120 g/mol. The first-order valence-electron chi connectivity index (χ1n) is 26.4. The molecule has 1 saturated heterocycles. The summed E-state index contributed by atoms with van der Waals surface area (Å²) >= 11 is 3.59. The first-order chi connectivity index (χ1) is 38.5. The van der Waals surface area contributed by atoms with Gasteiger partial charge in [0.15, 0.2) is 6.29 Å². The molecule has 0 N–H and O–H groups in total. The van der Waals surface area contributed by atoms with Crippen LogP contribution in [0.4, 0.5) is 0 Å². The van der Waals surface area contributed by atoms with Gasteiger partial charge in [-0.25, -0.2) is 0 Å². The first kappa shape index (κ1) is 56.4. The fourth-order valence-corrected chi connectivity index (χ4v) is 10.0. The average molecular weight is 1120 g/mol. The van der Waals surface area contributed by atoms with E-state index in [-0.39, 0.29) is 52.9 Å². The van der Waals surface area contributed by atoms with Crippen molar-refractivity contribution in [1.29, 1.82) is 0 Å². The summed E-state index contributed by atoms with van der Waals surface area (Å²) in [4.78, 5) is 3.43. The topological polar surface area (TPSA) is 141 Å². The van der Waals surface area contributed by atoms with Crippen molar-refractivity contribution < 1.29 is 47.4 Å². The third-order valence-electron chi connectivity index (χ3n) is 13.6. The van der Waals surface area contributed by atoms with Crippen molar-refractivity contribution >= 4 is 15.9 Å². The molecule has 1 aliphatic carbocycles. The molecule has 7 aromatic rings. The molecule has 1 heterocycles.